The van der Waals surface area contributed by atoms with Gasteiger partial charge in [-0.1, -0.05) is 54.6 Å². The number of hydrogen-bond acceptors (Lipinski definition) is 6. The van der Waals surface area contributed by atoms with Gasteiger partial charge in [0.25, 0.3) is 5.91 Å². The van der Waals surface area contributed by atoms with Gasteiger partial charge in [-0.05, 0) is 28.8 Å². The van der Waals surface area contributed by atoms with E-state index >= 15 is 0 Å². The zero-order valence-electron chi connectivity index (χ0n) is 18.2. The lowest BCUT2D eigenvalue weighted by atomic mass is 10.0. The number of hydrogen-bond donors (Lipinski definition) is 1. The fourth-order valence-electron chi connectivity index (χ4n) is 3.11. The second-order valence-electron chi connectivity index (χ2n) is 6.82. The second-order valence-corrected chi connectivity index (χ2v) is 6.82. The van der Waals surface area contributed by atoms with Crippen LogP contribution in [0.1, 0.15) is 15.9 Å². The van der Waals surface area contributed by atoms with Gasteiger partial charge in [-0.2, -0.15) is 0 Å². The molecular formula is C25H25NO6. The molecule has 0 bridgehead atoms. The lowest BCUT2D eigenvalue weighted by molar-refractivity contribution is -0.143. The molecule has 7 heteroatoms. The van der Waals surface area contributed by atoms with Crippen LogP contribution in [-0.2, 0) is 16.1 Å². The zero-order valence-corrected chi connectivity index (χ0v) is 18.2. The number of methoxy groups -OCH3 is 3. The van der Waals surface area contributed by atoms with E-state index in [0.717, 1.165) is 16.7 Å². The smallest absolute Gasteiger partial charge is 0.325 e. The molecule has 0 aliphatic carbocycles. The highest BCUT2D eigenvalue weighted by Crippen LogP contribution is 2.38. The maximum absolute atomic E-state index is 12.5. The van der Waals surface area contributed by atoms with E-state index < -0.39 is 11.9 Å². The monoisotopic (exact) mass is 435 g/mol. The summed E-state index contributed by atoms with van der Waals surface area (Å²) in [5.74, 6) is 0.0626. The average molecular weight is 435 g/mol. The molecule has 0 spiro atoms. The van der Waals surface area contributed by atoms with Crippen LogP contribution in [-0.4, -0.2) is 39.8 Å². The van der Waals surface area contributed by atoms with E-state index in [2.05, 4.69) is 5.32 Å². The minimum atomic E-state index is -0.544. The normalized spacial score (nSPS) is 10.2. The van der Waals surface area contributed by atoms with Gasteiger partial charge in [0, 0.05) is 5.56 Å². The van der Waals surface area contributed by atoms with E-state index in [1.165, 1.54) is 33.5 Å². The summed E-state index contributed by atoms with van der Waals surface area (Å²) in [4.78, 5) is 24.5. The summed E-state index contributed by atoms with van der Waals surface area (Å²) in [6.07, 6.45) is 0. The summed E-state index contributed by atoms with van der Waals surface area (Å²) >= 11 is 0. The number of benzene rings is 3. The third-order valence-corrected chi connectivity index (χ3v) is 4.78. The maximum atomic E-state index is 12.5. The molecule has 0 atom stereocenters. The number of amides is 1. The van der Waals surface area contributed by atoms with Crippen molar-refractivity contribution in [1.82, 2.24) is 5.32 Å². The molecule has 0 aromatic heterocycles. The number of esters is 1. The van der Waals surface area contributed by atoms with E-state index in [9.17, 15) is 9.59 Å². The van der Waals surface area contributed by atoms with Crippen molar-refractivity contribution < 1.29 is 28.5 Å². The molecule has 0 unspecified atom stereocenters. The quantitative estimate of drug-likeness (QED) is 0.514. The van der Waals surface area contributed by atoms with Crippen LogP contribution in [0, 0.1) is 0 Å². The van der Waals surface area contributed by atoms with Crippen LogP contribution in [0.5, 0.6) is 17.2 Å². The Balaban J connectivity index is 1.53. The van der Waals surface area contributed by atoms with Crippen LogP contribution < -0.4 is 19.5 Å². The molecule has 1 amide bonds. The summed E-state index contributed by atoms with van der Waals surface area (Å²) in [6.45, 7) is -0.147. The highest BCUT2D eigenvalue weighted by Gasteiger charge is 2.17. The largest absolute Gasteiger partial charge is 0.493 e. The van der Waals surface area contributed by atoms with Crippen molar-refractivity contribution in [2.24, 2.45) is 0 Å². The highest BCUT2D eigenvalue weighted by atomic mass is 16.5. The van der Waals surface area contributed by atoms with Gasteiger partial charge in [0.1, 0.15) is 13.2 Å². The van der Waals surface area contributed by atoms with Gasteiger partial charge >= 0.3 is 5.97 Å². The summed E-state index contributed by atoms with van der Waals surface area (Å²) in [6, 6.07) is 20.8. The molecule has 0 fully saturated rings. The highest BCUT2D eigenvalue weighted by molar-refractivity contribution is 5.97. The van der Waals surface area contributed by atoms with E-state index in [-0.39, 0.29) is 18.7 Å². The van der Waals surface area contributed by atoms with Crippen LogP contribution in [0.25, 0.3) is 11.1 Å². The van der Waals surface area contributed by atoms with Crippen molar-refractivity contribution in [1.29, 1.82) is 0 Å². The fraction of sp³-hybridized carbons (Fsp3) is 0.200. The first-order valence-electron chi connectivity index (χ1n) is 9.94. The molecule has 3 aromatic carbocycles. The van der Waals surface area contributed by atoms with E-state index in [1.807, 2.05) is 54.6 Å². The van der Waals surface area contributed by atoms with Gasteiger partial charge in [0.15, 0.2) is 11.5 Å². The maximum Gasteiger partial charge on any atom is 0.325 e. The molecule has 32 heavy (non-hydrogen) atoms. The zero-order chi connectivity index (χ0) is 22.9. The van der Waals surface area contributed by atoms with Crippen LogP contribution in [0.4, 0.5) is 0 Å². The Hall–Kier alpha value is -4.00. The molecule has 0 aliphatic rings. The first kappa shape index (κ1) is 22.7. The lowest BCUT2D eigenvalue weighted by Gasteiger charge is -2.14. The van der Waals surface area contributed by atoms with Gasteiger partial charge in [-0.3, -0.25) is 9.59 Å². The first-order chi connectivity index (χ1) is 15.5. The standard InChI is InChI=1S/C25H25NO6/c1-29-21-13-20(14-22(30-2)24(21)31-3)25(28)26-15-23(27)32-16-17-9-11-19(12-10-17)18-7-5-4-6-8-18/h4-14H,15-16H2,1-3H3,(H,26,28). The number of ether oxygens (including phenoxy) is 4. The predicted molar refractivity (Wildman–Crippen MR) is 120 cm³/mol. The molecular weight excluding hydrogens is 410 g/mol. The molecule has 0 aliphatic heterocycles. The summed E-state index contributed by atoms with van der Waals surface area (Å²) in [5, 5.41) is 2.54. The van der Waals surface area contributed by atoms with Crippen molar-refractivity contribution in [2.45, 2.75) is 6.61 Å². The van der Waals surface area contributed by atoms with E-state index in [0.29, 0.717) is 17.2 Å². The van der Waals surface area contributed by atoms with Crippen LogP contribution in [0.15, 0.2) is 66.7 Å². The third kappa shape index (κ3) is 5.57. The SMILES string of the molecule is COc1cc(C(=O)NCC(=O)OCc2ccc(-c3ccccc3)cc2)cc(OC)c1OC. The van der Waals surface area contributed by atoms with Crippen LogP contribution >= 0.6 is 0 Å². The van der Waals surface area contributed by atoms with Crippen molar-refractivity contribution in [3.8, 4) is 28.4 Å². The number of carbonyl (C=O) groups is 2. The molecule has 0 radical (unpaired) electrons. The third-order valence-electron chi connectivity index (χ3n) is 4.78. The fourth-order valence-corrected chi connectivity index (χ4v) is 3.11. The summed E-state index contributed by atoms with van der Waals surface area (Å²) in [7, 11) is 4.40. The Morgan fingerprint density at radius 1 is 0.781 bits per heavy atom. The lowest BCUT2D eigenvalue weighted by Crippen LogP contribution is -2.30. The molecule has 0 saturated heterocycles. The van der Waals surface area contributed by atoms with Gasteiger partial charge in [-0.15, -0.1) is 0 Å². The minimum absolute atomic E-state index is 0.119. The van der Waals surface area contributed by atoms with Crippen molar-refractivity contribution in [3.63, 3.8) is 0 Å². The van der Waals surface area contributed by atoms with Crippen molar-refractivity contribution in [3.05, 3.63) is 77.9 Å². The number of rotatable bonds is 9. The topological polar surface area (TPSA) is 83.1 Å². The van der Waals surface area contributed by atoms with E-state index in [1.54, 1.807) is 0 Å². The molecule has 1 N–H and O–H groups in total. The molecule has 0 saturated carbocycles. The van der Waals surface area contributed by atoms with E-state index in [4.69, 9.17) is 18.9 Å². The Morgan fingerprint density at radius 3 is 1.94 bits per heavy atom. The van der Waals surface area contributed by atoms with Crippen LogP contribution in [0.2, 0.25) is 0 Å². The molecule has 7 nitrogen and oxygen atoms in total. The number of nitrogens with one attached hydrogen (secondary N) is 1. The molecule has 3 rings (SSSR count). The minimum Gasteiger partial charge on any atom is -0.493 e. The summed E-state index contributed by atoms with van der Waals surface area (Å²) in [5.41, 5.74) is 3.32. The van der Waals surface area contributed by atoms with Crippen molar-refractivity contribution in [2.75, 3.05) is 27.9 Å². The Bertz CT molecular complexity index is 1040. The predicted octanol–water partition coefficient (Wildman–Crippen LogP) is 3.85. The first-order valence-corrected chi connectivity index (χ1v) is 9.94. The molecule has 0 heterocycles. The second kappa shape index (κ2) is 10.9. The Kier molecular flexibility index (Phi) is 7.70. The van der Waals surface area contributed by atoms with Gasteiger partial charge in [-0.25, -0.2) is 0 Å². The van der Waals surface area contributed by atoms with Gasteiger partial charge in [0.2, 0.25) is 5.75 Å². The Labute approximate surface area is 186 Å². The van der Waals surface area contributed by atoms with Crippen molar-refractivity contribution >= 4 is 11.9 Å². The van der Waals surface area contributed by atoms with Gasteiger partial charge < -0.3 is 24.3 Å². The Morgan fingerprint density at radius 2 is 1.38 bits per heavy atom. The number of carbonyl (C=O) groups excluding carboxylic acids is 2. The molecule has 3 aromatic rings. The van der Waals surface area contributed by atoms with Gasteiger partial charge in [0.05, 0.1) is 21.3 Å². The molecule has 166 valence electrons. The summed E-state index contributed by atoms with van der Waals surface area (Å²) < 4.78 is 21.0. The van der Waals surface area contributed by atoms with Crippen LogP contribution in [0.3, 0.4) is 0 Å². The average Bonchev–Trinajstić information content (AvgIpc) is 2.85.